The standard InChI is InChI=1S/C18H14N2O2S/c21-15-10-4-9-14-16(15)23-18(19-14)20-17(22)13-8-3-6-11-5-1-2-7-12(11)13/h1-3,5-8H,4,9-10H2,(H,19,20,22). The van der Waals surface area contributed by atoms with Gasteiger partial charge in [0.1, 0.15) is 0 Å². The number of ketones is 1. The summed E-state index contributed by atoms with van der Waals surface area (Å²) in [4.78, 5) is 29.6. The summed E-state index contributed by atoms with van der Waals surface area (Å²) in [5.74, 6) is -0.0604. The minimum Gasteiger partial charge on any atom is -0.298 e. The van der Waals surface area contributed by atoms with Crippen molar-refractivity contribution in [2.24, 2.45) is 0 Å². The first kappa shape index (κ1) is 14.1. The third-order valence-electron chi connectivity index (χ3n) is 4.02. The first-order chi connectivity index (χ1) is 11.2. The zero-order valence-corrected chi connectivity index (χ0v) is 13.2. The minimum absolute atomic E-state index is 0.134. The fourth-order valence-corrected chi connectivity index (χ4v) is 3.88. The van der Waals surface area contributed by atoms with Gasteiger partial charge in [0.25, 0.3) is 5.91 Å². The minimum atomic E-state index is -0.194. The van der Waals surface area contributed by atoms with E-state index in [4.69, 9.17) is 0 Å². The molecule has 0 bridgehead atoms. The normalized spacial score (nSPS) is 13.8. The van der Waals surface area contributed by atoms with Gasteiger partial charge in [0, 0.05) is 12.0 Å². The molecule has 114 valence electrons. The molecule has 0 saturated heterocycles. The van der Waals surface area contributed by atoms with Gasteiger partial charge in [-0.3, -0.25) is 14.9 Å². The molecule has 0 fully saturated rings. The largest absolute Gasteiger partial charge is 0.298 e. The molecule has 0 aliphatic heterocycles. The number of benzene rings is 2. The smallest absolute Gasteiger partial charge is 0.258 e. The van der Waals surface area contributed by atoms with Crippen LogP contribution in [0.25, 0.3) is 10.8 Å². The van der Waals surface area contributed by atoms with Crippen molar-refractivity contribution in [3.8, 4) is 0 Å². The lowest BCUT2D eigenvalue weighted by Crippen LogP contribution is -2.12. The van der Waals surface area contributed by atoms with Gasteiger partial charge in [0.15, 0.2) is 10.9 Å². The molecule has 2 aromatic carbocycles. The molecule has 1 amide bonds. The summed E-state index contributed by atoms with van der Waals surface area (Å²) in [7, 11) is 0. The monoisotopic (exact) mass is 322 g/mol. The van der Waals surface area contributed by atoms with Crippen molar-refractivity contribution in [1.82, 2.24) is 4.98 Å². The van der Waals surface area contributed by atoms with Crippen LogP contribution in [0.15, 0.2) is 42.5 Å². The number of carbonyl (C=O) groups excluding carboxylic acids is 2. The van der Waals surface area contributed by atoms with Crippen LogP contribution >= 0.6 is 11.3 Å². The van der Waals surface area contributed by atoms with E-state index in [1.54, 1.807) is 6.07 Å². The highest BCUT2D eigenvalue weighted by Crippen LogP contribution is 2.30. The Morgan fingerprint density at radius 2 is 1.91 bits per heavy atom. The maximum Gasteiger partial charge on any atom is 0.258 e. The number of hydrogen-bond donors (Lipinski definition) is 1. The number of fused-ring (bicyclic) bond motifs is 2. The van der Waals surface area contributed by atoms with Crippen LogP contribution in [0.5, 0.6) is 0 Å². The fourth-order valence-electron chi connectivity index (χ4n) is 2.91. The van der Waals surface area contributed by atoms with Gasteiger partial charge in [0.05, 0.1) is 10.6 Å². The van der Waals surface area contributed by atoms with E-state index in [-0.39, 0.29) is 11.7 Å². The van der Waals surface area contributed by atoms with Gasteiger partial charge in [0.2, 0.25) is 0 Å². The van der Waals surface area contributed by atoms with Crippen LogP contribution in [0.3, 0.4) is 0 Å². The lowest BCUT2D eigenvalue weighted by molar-refractivity contribution is 0.0975. The number of anilines is 1. The van der Waals surface area contributed by atoms with E-state index in [9.17, 15) is 9.59 Å². The van der Waals surface area contributed by atoms with E-state index < -0.39 is 0 Å². The number of nitrogens with one attached hydrogen (secondary N) is 1. The van der Waals surface area contributed by atoms with Gasteiger partial charge in [-0.25, -0.2) is 4.98 Å². The molecule has 0 saturated carbocycles. The van der Waals surface area contributed by atoms with Crippen LogP contribution in [0.2, 0.25) is 0 Å². The Bertz CT molecular complexity index is 924. The molecule has 5 heteroatoms. The van der Waals surface area contributed by atoms with Crippen LogP contribution in [-0.2, 0) is 6.42 Å². The van der Waals surface area contributed by atoms with E-state index in [1.807, 2.05) is 36.4 Å². The fraction of sp³-hybridized carbons (Fsp3) is 0.167. The molecule has 3 aromatic rings. The van der Waals surface area contributed by atoms with E-state index in [0.29, 0.717) is 22.0 Å². The number of aromatic nitrogens is 1. The second-order valence-electron chi connectivity index (χ2n) is 5.55. The maximum absolute atomic E-state index is 12.6. The van der Waals surface area contributed by atoms with Gasteiger partial charge in [-0.1, -0.05) is 47.7 Å². The molecule has 0 atom stereocenters. The van der Waals surface area contributed by atoms with Gasteiger partial charge in [-0.05, 0) is 29.7 Å². The highest BCUT2D eigenvalue weighted by Gasteiger charge is 2.23. The number of amides is 1. The Morgan fingerprint density at radius 3 is 2.78 bits per heavy atom. The van der Waals surface area contributed by atoms with Crippen molar-refractivity contribution < 1.29 is 9.59 Å². The second kappa shape index (κ2) is 5.59. The third-order valence-corrected chi connectivity index (χ3v) is 5.08. The van der Waals surface area contributed by atoms with Crippen LogP contribution < -0.4 is 5.32 Å². The molecule has 0 spiro atoms. The Kier molecular flexibility index (Phi) is 3.42. The molecule has 4 rings (SSSR count). The first-order valence-corrected chi connectivity index (χ1v) is 8.36. The van der Waals surface area contributed by atoms with Crippen LogP contribution in [0.1, 0.15) is 38.6 Å². The number of rotatable bonds is 2. The lowest BCUT2D eigenvalue weighted by Gasteiger charge is -2.06. The Hall–Kier alpha value is -2.53. The molecule has 4 nitrogen and oxygen atoms in total. The number of Topliss-reactive ketones (excluding diaryl/α,β-unsaturated/α-hetero) is 1. The molecule has 0 unspecified atom stereocenters. The summed E-state index contributed by atoms with van der Waals surface area (Å²) in [6.45, 7) is 0. The van der Waals surface area contributed by atoms with Crippen LogP contribution in [0, 0.1) is 0 Å². The van der Waals surface area contributed by atoms with Crippen molar-refractivity contribution in [2.75, 3.05) is 5.32 Å². The maximum atomic E-state index is 12.6. The summed E-state index contributed by atoms with van der Waals surface area (Å²) in [5, 5.41) is 5.28. The highest BCUT2D eigenvalue weighted by molar-refractivity contribution is 7.17. The topological polar surface area (TPSA) is 59.1 Å². The molecule has 1 aliphatic carbocycles. The van der Waals surface area contributed by atoms with Gasteiger partial charge < -0.3 is 0 Å². The van der Waals surface area contributed by atoms with Crippen molar-refractivity contribution in [2.45, 2.75) is 19.3 Å². The Morgan fingerprint density at radius 1 is 1.09 bits per heavy atom. The SMILES string of the molecule is O=C1CCCc2nc(NC(=O)c3cccc4ccccc34)sc21. The molecule has 23 heavy (non-hydrogen) atoms. The van der Waals surface area contributed by atoms with Crippen LogP contribution in [-0.4, -0.2) is 16.7 Å². The average Bonchev–Trinajstić information content (AvgIpc) is 2.98. The quantitative estimate of drug-likeness (QED) is 0.774. The van der Waals surface area contributed by atoms with Gasteiger partial charge >= 0.3 is 0 Å². The van der Waals surface area contributed by atoms with E-state index in [1.165, 1.54) is 11.3 Å². The van der Waals surface area contributed by atoms with E-state index >= 15 is 0 Å². The number of carbonyl (C=O) groups is 2. The zero-order chi connectivity index (χ0) is 15.8. The third kappa shape index (κ3) is 2.53. The second-order valence-corrected chi connectivity index (χ2v) is 6.55. The van der Waals surface area contributed by atoms with Crippen molar-refractivity contribution in [1.29, 1.82) is 0 Å². The molecule has 1 N–H and O–H groups in total. The molecular formula is C18H14N2O2S. The number of hydrogen-bond acceptors (Lipinski definition) is 4. The summed E-state index contributed by atoms with van der Waals surface area (Å²) < 4.78 is 0. The molecule has 1 heterocycles. The molecule has 1 aromatic heterocycles. The molecular weight excluding hydrogens is 308 g/mol. The summed E-state index contributed by atoms with van der Waals surface area (Å²) >= 11 is 1.28. The Labute approximate surface area is 137 Å². The first-order valence-electron chi connectivity index (χ1n) is 7.54. The average molecular weight is 322 g/mol. The summed E-state index contributed by atoms with van der Waals surface area (Å²) in [6.07, 6.45) is 2.22. The predicted octanol–water partition coefficient (Wildman–Crippen LogP) is 4.07. The number of thiazole rings is 1. The van der Waals surface area contributed by atoms with Gasteiger partial charge in [-0.2, -0.15) is 0 Å². The summed E-state index contributed by atoms with van der Waals surface area (Å²) in [6, 6.07) is 13.4. The van der Waals surface area contributed by atoms with Crippen molar-refractivity contribution >= 4 is 38.9 Å². The zero-order valence-electron chi connectivity index (χ0n) is 12.3. The predicted molar refractivity (Wildman–Crippen MR) is 91.3 cm³/mol. The van der Waals surface area contributed by atoms with E-state index in [0.717, 1.165) is 29.3 Å². The lowest BCUT2D eigenvalue weighted by atomic mass is 10.0. The highest BCUT2D eigenvalue weighted by atomic mass is 32.1. The van der Waals surface area contributed by atoms with E-state index in [2.05, 4.69) is 10.3 Å². The van der Waals surface area contributed by atoms with Crippen molar-refractivity contribution in [3.63, 3.8) is 0 Å². The molecule has 0 radical (unpaired) electrons. The summed E-state index contributed by atoms with van der Waals surface area (Å²) in [5.41, 5.74) is 1.43. The number of nitrogens with zero attached hydrogens (tertiary/aromatic N) is 1. The van der Waals surface area contributed by atoms with Crippen molar-refractivity contribution in [3.05, 3.63) is 58.6 Å². The van der Waals surface area contributed by atoms with Gasteiger partial charge in [-0.15, -0.1) is 0 Å². The Balaban J connectivity index is 1.66. The van der Waals surface area contributed by atoms with Crippen LogP contribution in [0.4, 0.5) is 5.13 Å². The number of aryl methyl sites for hydroxylation is 1. The molecule has 1 aliphatic rings.